The molecule has 6 saturated carbocycles. The van der Waals surface area contributed by atoms with Crippen molar-refractivity contribution in [1.82, 2.24) is 0 Å². The first-order valence-corrected chi connectivity index (χ1v) is 27.6. The number of fused-ring (bicyclic) bond motifs is 10. The molecule has 0 radical (unpaired) electrons. The van der Waals surface area contributed by atoms with Gasteiger partial charge in [-0.05, 0) is 202 Å². The molecule has 0 bridgehead atoms. The van der Waals surface area contributed by atoms with Gasteiger partial charge in [-0.2, -0.15) is 0 Å². The second-order valence-electron chi connectivity index (χ2n) is 26.0. The Hall–Kier alpha value is -0.903. The molecular weight excluding hydrogens is 812 g/mol. The van der Waals surface area contributed by atoms with Gasteiger partial charge in [-0.15, -0.1) is 0 Å². The number of rotatable bonds is 16. The number of hydrogen-bond donors (Lipinski definition) is 1. The number of ketones is 1. The number of carbonyl (C=O) groups excluding carboxylic acids is 1. The van der Waals surface area contributed by atoms with Crippen molar-refractivity contribution in [3.63, 3.8) is 0 Å². The Morgan fingerprint density at radius 2 is 1.00 bits per heavy atom. The van der Waals surface area contributed by atoms with Gasteiger partial charge in [0.25, 0.3) is 0 Å². The maximum absolute atomic E-state index is 11.4. The minimum atomic E-state index is -0.850. The van der Waals surface area contributed by atoms with Gasteiger partial charge in [-0.1, -0.05) is 131 Å². The van der Waals surface area contributed by atoms with Crippen molar-refractivity contribution >= 4 is 11.8 Å². The minimum absolute atomic E-state index is 0. The molecule has 6 fully saturated rings. The Kier molecular flexibility index (Phi) is 19.6. The van der Waals surface area contributed by atoms with E-state index in [1.165, 1.54) is 116 Å². The predicted molar refractivity (Wildman–Crippen MR) is 266 cm³/mol. The summed E-state index contributed by atoms with van der Waals surface area (Å²) < 4.78 is 11.7. The molecule has 0 aliphatic heterocycles. The number of allylic oxidation sites excluding steroid dienone is 2. The third kappa shape index (κ3) is 11.6. The molecule has 7 heteroatoms. The van der Waals surface area contributed by atoms with Gasteiger partial charge in [0, 0.05) is 0 Å². The van der Waals surface area contributed by atoms with Crippen LogP contribution in [0.2, 0.25) is 0 Å². The molecule has 0 spiro atoms. The summed E-state index contributed by atoms with van der Waals surface area (Å²) in [5.74, 6) is 9.84. The third-order valence-corrected chi connectivity index (χ3v) is 21.5. The molecule has 6 unspecified atom stereocenters. The Labute approximate surface area is 417 Å². The van der Waals surface area contributed by atoms with Gasteiger partial charge in [-0.25, -0.2) is 4.79 Å². The molecule has 2 N–H and O–H groups in total. The number of carbonyl (C=O) groups is 2. The van der Waals surface area contributed by atoms with E-state index in [0.717, 1.165) is 96.7 Å². The zero-order chi connectivity index (χ0) is 46.2. The van der Waals surface area contributed by atoms with Gasteiger partial charge in [0.1, 0.15) is 13.2 Å². The maximum atomic E-state index is 11.4. The number of hydrogen-bond acceptors (Lipinski definition) is 5. The largest absolute Gasteiger partial charge is 1.00 e. The predicted octanol–water partition coefficient (Wildman–Crippen LogP) is 12.3. The molecule has 0 aromatic heterocycles. The normalized spacial score (nSPS) is 40.8. The van der Waals surface area contributed by atoms with Crippen molar-refractivity contribution in [3.05, 3.63) is 23.3 Å². The topological polar surface area (TPSA) is 103 Å². The molecule has 372 valence electrons. The number of Topliss-reactive ketones (excluding diaryl/α,β-unsaturated/α-hetero) is 1. The van der Waals surface area contributed by atoms with Gasteiger partial charge in [0.2, 0.25) is 0 Å². The first-order chi connectivity index (χ1) is 30.3. The van der Waals surface area contributed by atoms with Crippen LogP contribution in [-0.2, 0) is 19.1 Å². The van der Waals surface area contributed by atoms with Crippen molar-refractivity contribution in [1.29, 1.82) is 0 Å². The fourth-order valence-electron chi connectivity index (χ4n) is 18.0. The Bertz CT molecular complexity index is 1550. The monoisotopic (exact) mass is 911 g/mol. The molecule has 16 atom stereocenters. The molecule has 6 nitrogen and oxygen atoms in total. The summed E-state index contributed by atoms with van der Waals surface area (Å²) >= 11 is 0. The minimum Gasteiger partial charge on any atom is -0.870 e. The molecule has 0 aromatic rings. The van der Waals surface area contributed by atoms with E-state index in [1.54, 1.807) is 18.1 Å². The van der Waals surface area contributed by atoms with Crippen LogP contribution in [0.1, 0.15) is 217 Å². The van der Waals surface area contributed by atoms with E-state index in [9.17, 15) is 9.59 Å². The summed E-state index contributed by atoms with van der Waals surface area (Å²) in [6, 6.07) is 0. The Morgan fingerprint density at radius 3 is 1.38 bits per heavy atom. The Balaban J connectivity index is 0.000000240. The van der Waals surface area contributed by atoms with Crippen LogP contribution < -0.4 is 18.9 Å². The van der Waals surface area contributed by atoms with Crippen molar-refractivity contribution in [2.24, 2.45) is 92.7 Å². The number of carboxylic acids is 1. The summed E-state index contributed by atoms with van der Waals surface area (Å²) in [5.41, 5.74) is 5.05. The van der Waals surface area contributed by atoms with Gasteiger partial charge in [-0.3, -0.25) is 4.79 Å². The zero-order valence-electron chi connectivity index (χ0n) is 44.7. The van der Waals surface area contributed by atoms with Crippen molar-refractivity contribution < 1.29 is 48.5 Å². The summed E-state index contributed by atoms with van der Waals surface area (Å²) in [6.45, 7) is 26.8. The molecule has 8 rings (SSSR count). The van der Waals surface area contributed by atoms with Crippen molar-refractivity contribution in [3.8, 4) is 0 Å². The van der Waals surface area contributed by atoms with Crippen LogP contribution in [-0.4, -0.2) is 47.8 Å². The van der Waals surface area contributed by atoms with Gasteiger partial charge in [0.15, 0.2) is 5.78 Å². The van der Waals surface area contributed by atoms with Crippen LogP contribution in [0.4, 0.5) is 0 Å². The molecule has 66 heavy (non-hydrogen) atoms. The van der Waals surface area contributed by atoms with Crippen molar-refractivity contribution in [2.75, 3.05) is 13.2 Å². The molecule has 0 aromatic carbocycles. The van der Waals surface area contributed by atoms with Crippen LogP contribution in [0.3, 0.4) is 0 Å². The van der Waals surface area contributed by atoms with Crippen LogP contribution in [0.25, 0.3) is 0 Å². The summed E-state index contributed by atoms with van der Waals surface area (Å²) in [4.78, 5) is 22.3. The summed E-state index contributed by atoms with van der Waals surface area (Å²) in [6.07, 6.45) is 34.6. The second-order valence-corrected chi connectivity index (χ2v) is 26.0. The average molecular weight is 911 g/mol. The van der Waals surface area contributed by atoms with Gasteiger partial charge in [0.05, 0.1) is 12.2 Å². The number of aliphatic carboxylic acids is 1. The molecule has 0 saturated heterocycles. The van der Waals surface area contributed by atoms with E-state index in [-0.39, 0.29) is 55.5 Å². The fraction of sp³-hybridized carbons (Fsp3) is 0.898. The number of carboxylic acid groups (broad SMARTS) is 1. The van der Waals surface area contributed by atoms with E-state index in [0.29, 0.717) is 21.7 Å². The van der Waals surface area contributed by atoms with E-state index in [4.69, 9.17) is 14.6 Å². The van der Waals surface area contributed by atoms with Crippen LogP contribution in [0.15, 0.2) is 23.3 Å². The standard InChI is InChI=1S/C30H50O2.C29H48O3.Li.H2O/c1-20(2)8-7-9-21(3)26-12-13-27-25-11-10-23-18-24(32-19-22(4)31)14-16-29(23,5)28(25)15-17-30(26,27)6;1-19(2)7-6-8-20(3)24-11-12-25-23-10-9-21-17-22(32-18-27(30)31)13-15-28(21,4)26(23)14-16-29(24,25)5;;/h10,20-21,24-28H,7-9,11-19H2,1-6H3;9,19-20,22-26H,6-8,10-18H2,1-5H3,(H,30,31);;1H2/q;;+1;/p-1/t21-,24+,25?,26-,27?,28?,29+,30-;20-,22+,23?,24-,25?,26?,28+,29-;;/m11../s1. The maximum Gasteiger partial charge on any atom is 1.00 e. The van der Waals surface area contributed by atoms with E-state index in [2.05, 4.69) is 81.4 Å². The first kappa shape index (κ1) is 56.0. The second kappa shape index (κ2) is 23.1. The zero-order valence-corrected chi connectivity index (χ0v) is 44.7. The summed E-state index contributed by atoms with van der Waals surface area (Å²) in [7, 11) is 0. The van der Waals surface area contributed by atoms with Gasteiger partial charge >= 0.3 is 24.8 Å². The average Bonchev–Trinajstić information content (AvgIpc) is 3.79. The Morgan fingerprint density at radius 1 is 0.591 bits per heavy atom. The fourth-order valence-corrected chi connectivity index (χ4v) is 18.0. The van der Waals surface area contributed by atoms with Crippen molar-refractivity contribution in [2.45, 2.75) is 230 Å². The molecule has 8 aliphatic carbocycles. The molecule has 0 amide bonds. The van der Waals surface area contributed by atoms with Crippen LogP contribution in [0, 0.1) is 92.7 Å². The SMILES string of the molecule is CC(=O)CO[C@H]1CC[C@@]2(C)C(=CCC3C2CC[C@@]2(C)C3CC[C@@H]2[C@H](C)CCCC(C)C)C1.CC(C)CCC[C@@H](C)[C@H]1CCC2C3CC=C4C[C@@H](OCC(=O)O)CC[C@]4(C)C3CC[C@@]21C.[Li+].[OH-]. The van der Waals surface area contributed by atoms with Crippen LogP contribution in [0.5, 0.6) is 0 Å². The summed E-state index contributed by atoms with van der Waals surface area (Å²) in [5, 5.41) is 8.99. The third-order valence-electron chi connectivity index (χ3n) is 21.5. The number of ether oxygens (including phenoxy) is 2. The molecule has 8 aliphatic rings. The van der Waals surface area contributed by atoms with Gasteiger partial charge < -0.3 is 20.1 Å². The quantitative estimate of drug-likeness (QED) is 0.122. The van der Waals surface area contributed by atoms with E-state index >= 15 is 0 Å². The van der Waals surface area contributed by atoms with E-state index < -0.39 is 5.97 Å². The van der Waals surface area contributed by atoms with Crippen LogP contribution >= 0.6 is 0 Å². The molecule has 0 heterocycles. The van der Waals surface area contributed by atoms with E-state index in [1.807, 2.05) is 0 Å². The molecular formula is C59H99LiO6. The first-order valence-electron chi connectivity index (χ1n) is 27.6. The smallest absolute Gasteiger partial charge is 0.870 e.